The van der Waals surface area contributed by atoms with E-state index >= 15 is 0 Å². The molecule has 1 aromatic heterocycles. The third-order valence-corrected chi connectivity index (χ3v) is 4.73. The molecule has 0 aliphatic carbocycles. The van der Waals surface area contributed by atoms with Gasteiger partial charge in [-0.1, -0.05) is 41.9 Å². The molecule has 0 aliphatic heterocycles. The van der Waals surface area contributed by atoms with E-state index in [0.717, 1.165) is 11.1 Å². The van der Waals surface area contributed by atoms with Gasteiger partial charge in [0.2, 0.25) is 5.91 Å². The topological polar surface area (TPSA) is 70.1 Å². The first kappa shape index (κ1) is 20.4. The molecule has 0 atom stereocenters. The van der Waals surface area contributed by atoms with E-state index in [2.05, 4.69) is 17.6 Å². The third-order valence-electron chi connectivity index (χ3n) is 4.40. The fourth-order valence-corrected chi connectivity index (χ4v) is 3.13. The van der Waals surface area contributed by atoms with E-state index < -0.39 is 0 Å². The van der Waals surface area contributed by atoms with Crippen molar-refractivity contribution in [2.24, 2.45) is 0 Å². The molecular formula is C23H20ClN3O2. The standard InChI is InChI=1S/C23H20ClN3O2/c1-2-13-27(16-18-9-7-17(14-25)8-10-18)23(28)12-11-22-26-15-21(29-22)19-5-3-4-6-20(19)24/h2-10,15H,1,11-13,16H2. The number of rotatable bonds is 8. The molecule has 0 saturated carbocycles. The molecule has 0 saturated heterocycles. The van der Waals surface area contributed by atoms with E-state index in [4.69, 9.17) is 21.3 Å². The monoisotopic (exact) mass is 405 g/mol. The van der Waals surface area contributed by atoms with Crippen LogP contribution in [0.3, 0.4) is 0 Å². The lowest BCUT2D eigenvalue weighted by atomic mass is 10.1. The van der Waals surface area contributed by atoms with E-state index in [1.165, 1.54) is 0 Å². The number of amides is 1. The first-order valence-electron chi connectivity index (χ1n) is 9.18. The van der Waals surface area contributed by atoms with Crippen LogP contribution in [-0.4, -0.2) is 22.3 Å². The molecule has 0 aliphatic rings. The molecule has 0 unspecified atom stereocenters. The van der Waals surface area contributed by atoms with Gasteiger partial charge in [-0.3, -0.25) is 4.79 Å². The largest absolute Gasteiger partial charge is 0.441 e. The second kappa shape index (κ2) is 9.72. The van der Waals surface area contributed by atoms with Crippen LogP contribution in [0.4, 0.5) is 0 Å². The number of carbonyl (C=O) groups excluding carboxylic acids is 1. The number of carbonyl (C=O) groups is 1. The van der Waals surface area contributed by atoms with E-state index in [-0.39, 0.29) is 12.3 Å². The van der Waals surface area contributed by atoms with Gasteiger partial charge in [0.1, 0.15) is 0 Å². The van der Waals surface area contributed by atoms with Gasteiger partial charge in [0.05, 0.1) is 22.9 Å². The summed E-state index contributed by atoms with van der Waals surface area (Å²) >= 11 is 6.19. The van der Waals surface area contributed by atoms with Gasteiger partial charge in [-0.2, -0.15) is 5.26 Å². The zero-order valence-electron chi connectivity index (χ0n) is 15.8. The van der Waals surface area contributed by atoms with Crippen molar-refractivity contribution in [2.75, 3.05) is 6.54 Å². The van der Waals surface area contributed by atoms with Gasteiger partial charge >= 0.3 is 0 Å². The van der Waals surface area contributed by atoms with Gasteiger partial charge in [0.25, 0.3) is 0 Å². The zero-order chi connectivity index (χ0) is 20.6. The number of oxazole rings is 1. The lowest BCUT2D eigenvalue weighted by Crippen LogP contribution is -2.30. The molecular weight excluding hydrogens is 386 g/mol. The fraction of sp³-hybridized carbons (Fsp3) is 0.174. The highest BCUT2D eigenvalue weighted by Gasteiger charge is 2.15. The molecule has 0 N–H and O–H groups in total. The summed E-state index contributed by atoms with van der Waals surface area (Å²) in [5, 5.41) is 9.49. The Morgan fingerprint density at radius 1 is 1.24 bits per heavy atom. The summed E-state index contributed by atoms with van der Waals surface area (Å²) in [6.45, 7) is 4.63. The minimum Gasteiger partial charge on any atom is -0.441 e. The molecule has 0 fully saturated rings. The Kier molecular flexibility index (Phi) is 6.83. The van der Waals surface area contributed by atoms with Crippen LogP contribution in [0.25, 0.3) is 11.3 Å². The van der Waals surface area contributed by atoms with E-state index in [1.807, 2.05) is 30.3 Å². The highest BCUT2D eigenvalue weighted by Crippen LogP contribution is 2.28. The van der Waals surface area contributed by atoms with Crippen molar-refractivity contribution in [3.8, 4) is 17.4 Å². The van der Waals surface area contributed by atoms with Crippen molar-refractivity contribution in [1.29, 1.82) is 5.26 Å². The third kappa shape index (κ3) is 5.34. The number of hydrogen-bond acceptors (Lipinski definition) is 4. The smallest absolute Gasteiger partial charge is 0.223 e. The van der Waals surface area contributed by atoms with E-state index in [0.29, 0.717) is 41.7 Å². The van der Waals surface area contributed by atoms with Gasteiger partial charge in [-0.05, 0) is 29.8 Å². The van der Waals surface area contributed by atoms with Crippen LogP contribution >= 0.6 is 11.6 Å². The van der Waals surface area contributed by atoms with Crippen molar-refractivity contribution in [3.63, 3.8) is 0 Å². The maximum Gasteiger partial charge on any atom is 0.223 e. The predicted octanol–water partition coefficient (Wildman–Crippen LogP) is 5.01. The number of benzene rings is 2. The molecule has 5 nitrogen and oxygen atoms in total. The minimum atomic E-state index is -0.0215. The summed E-state index contributed by atoms with van der Waals surface area (Å²) in [6, 6.07) is 16.7. The molecule has 146 valence electrons. The first-order valence-corrected chi connectivity index (χ1v) is 9.56. The van der Waals surface area contributed by atoms with Crippen LogP contribution in [0.2, 0.25) is 5.02 Å². The number of aryl methyl sites for hydroxylation is 1. The van der Waals surface area contributed by atoms with Crippen molar-refractivity contribution in [1.82, 2.24) is 9.88 Å². The SMILES string of the molecule is C=CCN(Cc1ccc(C#N)cc1)C(=O)CCc1ncc(-c2ccccc2Cl)o1. The summed E-state index contributed by atoms with van der Waals surface area (Å²) in [5.74, 6) is 1.05. The summed E-state index contributed by atoms with van der Waals surface area (Å²) in [6.07, 6.45) is 3.98. The van der Waals surface area contributed by atoms with Crippen molar-refractivity contribution >= 4 is 17.5 Å². The van der Waals surface area contributed by atoms with Crippen molar-refractivity contribution < 1.29 is 9.21 Å². The van der Waals surface area contributed by atoms with Crippen molar-refractivity contribution in [2.45, 2.75) is 19.4 Å². The van der Waals surface area contributed by atoms with Gasteiger partial charge in [-0.25, -0.2) is 4.98 Å². The average molecular weight is 406 g/mol. The Labute approximate surface area is 174 Å². The average Bonchev–Trinajstić information content (AvgIpc) is 3.21. The van der Waals surface area contributed by atoms with Crippen LogP contribution in [0.1, 0.15) is 23.4 Å². The van der Waals surface area contributed by atoms with Gasteiger partial charge in [-0.15, -0.1) is 6.58 Å². The molecule has 0 bridgehead atoms. The Morgan fingerprint density at radius 3 is 2.69 bits per heavy atom. The summed E-state index contributed by atoms with van der Waals surface area (Å²) in [4.78, 5) is 18.7. The number of nitriles is 1. The van der Waals surface area contributed by atoms with E-state index in [1.54, 1.807) is 35.4 Å². The Bertz CT molecular complexity index is 1030. The second-order valence-corrected chi connectivity index (χ2v) is 6.88. The van der Waals surface area contributed by atoms with Crippen molar-refractivity contribution in [3.05, 3.63) is 89.4 Å². The van der Waals surface area contributed by atoms with E-state index in [9.17, 15) is 4.79 Å². The highest BCUT2D eigenvalue weighted by atomic mass is 35.5. The Balaban J connectivity index is 1.62. The molecule has 1 amide bonds. The molecule has 1 heterocycles. The first-order chi connectivity index (χ1) is 14.1. The van der Waals surface area contributed by atoms with Crippen LogP contribution in [-0.2, 0) is 17.8 Å². The van der Waals surface area contributed by atoms with Crippen LogP contribution in [0, 0.1) is 11.3 Å². The normalized spacial score (nSPS) is 10.3. The molecule has 2 aromatic carbocycles. The quantitative estimate of drug-likeness (QED) is 0.493. The molecule has 3 aromatic rings. The van der Waals surface area contributed by atoms with Gasteiger partial charge < -0.3 is 9.32 Å². The summed E-state index contributed by atoms with van der Waals surface area (Å²) in [5.41, 5.74) is 2.32. The molecule has 6 heteroatoms. The maximum absolute atomic E-state index is 12.7. The van der Waals surface area contributed by atoms with Crippen LogP contribution < -0.4 is 0 Å². The lowest BCUT2D eigenvalue weighted by molar-refractivity contribution is -0.131. The highest BCUT2D eigenvalue weighted by molar-refractivity contribution is 6.33. The summed E-state index contributed by atoms with van der Waals surface area (Å²) < 4.78 is 5.77. The number of nitrogens with zero attached hydrogens (tertiary/aromatic N) is 3. The zero-order valence-corrected chi connectivity index (χ0v) is 16.6. The number of aromatic nitrogens is 1. The molecule has 0 radical (unpaired) electrons. The fourth-order valence-electron chi connectivity index (χ4n) is 2.90. The summed E-state index contributed by atoms with van der Waals surface area (Å²) in [7, 11) is 0. The number of halogens is 1. The molecule has 0 spiro atoms. The van der Waals surface area contributed by atoms with Gasteiger partial charge in [0.15, 0.2) is 11.7 Å². The molecule has 29 heavy (non-hydrogen) atoms. The minimum absolute atomic E-state index is 0.0215. The second-order valence-electron chi connectivity index (χ2n) is 6.47. The Morgan fingerprint density at radius 2 is 2.00 bits per heavy atom. The predicted molar refractivity (Wildman–Crippen MR) is 112 cm³/mol. The van der Waals surface area contributed by atoms with Crippen LogP contribution in [0.5, 0.6) is 0 Å². The Hall–Kier alpha value is -3.36. The maximum atomic E-state index is 12.7. The van der Waals surface area contributed by atoms with Crippen LogP contribution in [0.15, 0.2) is 71.8 Å². The number of hydrogen-bond donors (Lipinski definition) is 0. The molecule has 3 rings (SSSR count). The van der Waals surface area contributed by atoms with Gasteiger partial charge in [0, 0.05) is 31.5 Å². The lowest BCUT2D eigenvalue weighted by Gasteiger charge is -2.21.